The fourth-order valence-electron chi connectivity index (χ4n) is 4.37. The van der Waals surface area contributed by atoms with Crippen molar-refractivity contribution >= 4 is 11.6 Å². The molecular weight excluding hydrogens is 430 g/mol. The number of anilines is 1. The van der Waals surface area contributed by atoms with Gasteiger partial charge in [-0.2, -0.15) is 10.4 Å². The molecule has 1 saturated carbocycles. The van der Waals surface area contributed by atoms with Crippen molar-refractivity contribution in [2.45, 2.75) is 51.0 Å². The molecule has 1 amide bonds. The fraction of sp³-hybridized carbons (Fsp3) is 0.385. The molecule has 2 aromatic heterocycles. The topological polar surface area (TPSA) is 102 Å². The van der Waals surface area contributed by atoms with E-state index in [-0.39, 0.29) is 18.8 Å². The Morgan fingerprint density at radius 2 is 1.91 bits per heavy atom. The summed E-state index contributed by atoms with van der Waals surface area (Å²) >= 11 is 0. The number of hydrogen-bond donors (Lipinski definition) is 1. The van der Waals surface area contributed by atoms with Crippen LogP contribution in [0, 0.1) is 25.2 Å². The lowest BCUT2D eigenvalue weighted by atomic mass is 9.72. The number of carbonyl (C=O) groups excluding carboxylic acids is 1. The third-order valence-corrected chi connectivity index (χ3v) is 6.47. The van der Waals surface area contributed by atoms with Gasteiger partial charge in [0.2, 0.25) is 0 Å². The van der Waals surface area contributed by atoms with Crippen LogP contribution in [0.4, 0.5) is 5.69 Å². The van der Waals surface area contributed by atoms with Gasteiger partial charge in [-0.3, -0.25) is 9.78 Å². The molecule has 4 rings (SSSR count). The number of nitriles is 1. The van der Waals surface area contributed by atoms with E-state index in [0.29, 0.717) is 24.1 Å². The smallest absolute Gasteiger partial charge is 0.259 e. The minimum Gasteiger partial charge on any atom is -0.359 e. The Balaban J connectivity index is 1.43. The average Bonchev–Trinajstić information content (AvgIpc) is 3.25. The van der Waals surface area contributed by atoms with E-state index in [1.807, 2.05) is 44.2 Å². The van der Waals surface area contributed by atoms with Crippen LogP contribution >= 0.6 is 0 Å². The molecule has 3 aromatic rings. The molecule has 34 heavy (non-hydrogen) atoms. The molecule has 0 aliphatic heterocycles. The number of aromatic nitrogens is 3. The minimum absolute atomic E-state index is 0.101. The number of pyridine rings is 1. The largest absolute Gasteiger partial charge is 0.359 e. The first-order valence-corrected chi connectivity index (χ1v) is 11.4. The van der Waals surface area contributed by atoms with Crippen molar-refractivity contribution in [2.75, 3.05) is 19.2 Å². The lowest BCUT2D eigenvalue weighted by Gasteiger charge is -2.34. The second-order valence-corrected chi connectivity index (χ2v) is 8.74. The summed E-state index contributed by atoms with van der Waals surface area (Å²) < 4.78 is 12.4. The highest BCUT2D eigenvalue weighted by Crippen LogP contribution is 2.39. The van der Waals surface area contributed by atoms with E-state index < -0.39 is 5.41 Å². The molecule has 0 saturated heterocycles. The highest BCUT2D eigenvalue weighted by Gasteiger charge is 2.38. The number of ether oxygens (including phenoxy) is 2. The van der Waals surface area contributed by atoms with Crippen LogP contribution in [0.1, 0.15) is 53.0 Å². The monoisotopic (exact) mass is 459 g/mol. The molecule has 2 heterocycles. The Hall–Kier alpha value is -3.54. The maximum absolute atomic E-state index is 12.9. The second kappa shape index (κ2) is 10.2. The molecule has 1 aliphatic carbocycles. The molecule has 1 aliphatic rings. The maximum Gasteiger partial charge on any atom is 0.259 e. The number of rotatable bonds is 7. The third kappa shape index (κ3) is 4.86. The van der Waals surface area contributed by atoms with Gasteiger partial charge in [0.05, 0.1) is 58.3 Å². The van der Waals surface area contributed by atoms with Gasteiger partial charge in [0, 0.05) is 7.11 Å². The minimum atomic E-state index is -0.638. The number of hydrogen-bond acceptors (Lipinski definition) is 6. The zero-order chi connectivity index (χ0) is 24.1. The van der Waals surface area contributed by atoms with Gasteiger partial charge in [-0.25, -0.2) is 4.68 Å². The fourth-order valence-corrected chi connectivity index (χ4v) is 4.37. The molecule has 0 unspecified atom stereocenters. The number of methoxy groups -OCH3 is 1. The van der Waals surface area contributed by atoms with E-state index in [9.17, 15) is 10.1 Å². The summed E-state index contributed by atoms with van der Waals surface area (Å²) in [5.74, 6) is -0.254. The Labute approximate surface area is 199 Å². The number of carbonyl (C=O) groups is 1. The highest BCUT2D eigenvalue weighted by molar-refractivity contribution is 6.04. The Morgan fingerprint density at radius 1 is 1.18 bits per heavy atom. The molecule has 1 aromatic carbocycles. The van der Waals surface area contributed by atoms with Crippen molar-refractivity contribution in [3.05, 3.63) is 71.3 Å². The van der Waals surface area contributed by atoms with Gasteiger partial charge in [-0.05, 0) is 63.8 Å². The van der Waals surface area contributed by atoms with E-state index in [4.69, 9.17) is 9.47 Å². The van der Waals surface area contributed by atoms with E-state index in [1.54, 1.807) is 30.3 Å². The summed E-state index contributed by atoms with van der Waals surface area (Å²) in [6, 6.07) is 14.1. The van der Waals surface area contributed by atoms with Crippen molar-refractivity contribution in [3.8, 4) is 11.8 Å². The zero-order valence-electron chi connectivity index (χ0n) is 19.7. The van der Waals surface area contributed by atoms with Crippen molar-refractivity contribution in [1.29, 1.82) is 5.26 Å². The first kappa shape index (κ1) is 23.6. The Bertz CT molecular complexity index is 1170. The van der Waals surface area contributed by atoms with Crippen LogP contribution < -0.4 is 5.32 Å². The first-order valence-electron chi connectivity index (χ1n) is 11.4. The second-order valence-electron chi connectivity index (χ2n) is 8.74. The van der Waals surface area contributed by atoms with Gasteiger partial charge >= 0.3 is 0 Å². The van der Waals surface area contributed by atoms with Crippen LogP contribution in [0.15, 0.2) is 48.8 Å². The standard InChI is InChI=1S/C26H29N5O3/c1-18-4-7-21(8-5-18)31-19(2)23(15-29-31)25(32)30-20-6-9-24(28-14-20)26(16-27)12-10-22(11-13-26)34-17-33-3/h4-9,14-15,22H,10-13,17H2,1-3H3,(H,30,32)/t22-,26-. The summed E-state index contributed by atoms with van der Waals surface area (Å²) in [5, 5.41) is 17.2. The molecule has 1 N–H and O–H groups in total. The predicted molar refractivity (Wildman–Crippen MR) is 128 cm³/mol. The molecule has 8 nitrogen and oxygen atoms in total. The Kier molecular flexibility index (Phi) is 7.06. The van der Waals surface area contributed by atoms with E-state index in [2.05, 4.69) is 21.5 Å². The maximum atomic E-state index is 12.9. The molecular formula is C26H29N5O3. The molecule has 0 atom stereocenters. The van der Waals surface area contributed by atoms with Crippen LogP contribution in [0.5, 0.6) is 0 Å². The quantitative estimate of drug-likeness (QED) is 0.524. The number of nitrogens with one attached hydrogen (secondary N) is 1. The number of benzene rings is 1. The summed E-state index contributed by atoms with van der Waals surface area (Å²) in [6.07, 6.45) is 6.19. The van der Waals surface area contributed by atoms with Gasteiger partial charge in [-0.15, -0.1) is 0 Å². The number of amides is 1. The highest BCUT2D eigenvalue weighted by atomic mass is 16.7. The summed E-state index contributed by atoms with van der Waals surface area (Å²) in [5.41, 5.74) is 3.96. The SMILES string of the molecule is COCO[C@H]1CC[C@](C#N)(c2ccc(NC(=O)c3cnn(-c4ccc(C)cc4)c3C)cn2)CC1. The summed E-state index contributed by atoms with van der Waals surface area (Å²) in [4.78, 5) is 17.4. The summed E-state index contributed by atoms with van der Waals surface area (Å²) in [7, 11) is 1.60. The normalized spacial score (nSPS) is 20.0. The molecule has 0 bridgehead atoms. The summed E-state index contributed by atoms with van der Waals surface area (Å²) in [6.45, 7) is 4.16. The molecule has 0 spiro atoms. The van der Waals surface area contributed by atoms with Crippen molar-refractivity contribution in [1.82, 2.24) is 14.8 Å². The van der Waals surface area contributed by atoms with Crippen LogP contribution in [0.2, 0.25) is 0 Å². The van der Waals surface area contributed by atoms with Crippen molar-refractivity contribution in [2.24, 2.45) is 0 Å². The van der Waals surface area contributed by atoms with Crippen LogP contribution in [0.3, 0.4) is 0 Å². The van der Waals surface area contributed by atoms with E-state index in [0.717, 1.165) is 35.5 Å². The number of nitrogens with zero attached hydrogens (tertiary/aromatic N) is 4. The van der Waals surface area contributed by atoms with Gasteiger partial charge in [0.15, 0.2) is 0 Å². The predicted octanol–water partition coefficient (Wildman–Crippen LogP) is 4.46. The van der Waals surface area contributed by atoms with Gasteiger partial charge in [0.25, 0.3) is 5.91 Å². The van der Waals surface area contributed by atoms with E-state index in [1.165, 1.54) is 0 Å². The van der Waals surface area contributed by atoms with Crippen molar-refractivity contribution in [3.63, 3.8) is 0 Å². The van der Waals surface area contributed by atoms with Gasteiger partial charge < -0.3 is 14.8 Å². The number of aryl methyl sites for hydroxylation is 1. The Morgan fingerprint density at radius 3 is 2.53 bits per heavy atom. The molecule has 1 fully saturated rings. The lowest BCUT2D eigenvalue weighted by molar-refractivity contribution is -0.0857. The first-order chi connectivity index (χ1) is 16.5. The van der Waals surface area contributed by atoms with E-state index >= 15 is 0 Å². The third-order valence-electron chi connectivity index (χ3n) is 6.47. The van der Waals surface area contributed by atoms with Crippen LogP contribution in [-0.2, 0) is 14.9 Å². The molecule has 8 heteroatoms. The van der Waals surface area contributed by atoms with Gasteiger partial charge in [0.1, 0.15) is 6.79 Å². The average molecular weight is 460 g/mol. The van der Waals surface area contributed by atoms with Gasteiger partial charge in [-0.1, -0.05) is 17.7 Å². The lowest BCUT2D eigenvalue weighted by Crippen LogP contribution is -2.34. The molecule has 176 valence electrons. The van der Waals surface area contributed by atoms with Crippen molar-refractivity contribution < 1.29 is 14.3 Å². The zero-order valence-corrected chi connectivity index (χ0v) is 19.7. The van der Waals surface area contributed by atoms with Crippen LogP contribution in [-0.4, -0.2) is 40.7 Å². The molecule has 0 radical (unpaired) electrons. The van der Waals surface area contributed by atoms with Crippen LogP contribution in [0.25, 0.3) is 5.69 Å².